The third-order valence-corrected chi connectivity index (χ3v) is 4.51. The van der Waals surface area contributed by atoms with E-state index in [0.29, 0.717) is 36.0 Å². The van der Waals surface area contributed by atoms with Gasteiger partial charge in [0.1, 0.15) is 18.5 Å². The Morgan fingerprint density at radius 3 is 2.74 bits per heavy atom. The summed E-state index contributed by atoms with van der Waals surface area (Å²) in [6.07, 6.45) is -0.391. The SMILES string of the molecule is CN1C(=Nc2cccc(N3CCOC3=O)c2)NC(=O)[C@@H]1c1cccc(F)c1. The number of nitrogens with one attached hydrogen (secondary N) is 1. The number of benzene rings is 2. The van der Waals surface area contributed by atoms with Crippen LogP contribution >= 0.6 is 0 Å². The summed E-state index contributed by atoms with van der Waals surface area (Å²) in [4.78, 5) is 31.8. The molecule has 27 heavy (non-hydrogen) atoms. The highest BCUT2D eigenvalue weighted by atomic mass is 19.1. The fourth-order valence-corrected chi connectivity index (χ4v) is 3.20. The Balaban J connectivity index is 1.61. The zero-order chi connectivity index (χ0) is 19.0. The number of amides is 2. The Hall–Kier alpha value is -3.42. The van der Waals surface area contributed by atoms with E-state index in [1.165, 1.54) is 17.0 Å². The predicted molar refractivity (Wildman–Crippen MR) is 97.3 cm³/mol. The molecule has 7 nitrogen and oxygen atoms in total. The van der Waals surface area contributed by atoms with Crippen molar-refractivity contribution < 1.29 is 18.7 Å². The Labute approximate surface area is 155 Å². The van der Waals surface area contributed by atoms with Crippen LogP contribution in [0.4, 0.5) is 20.6 Å². The molecule has 2 fully saturated rings. The number of nitrogens with zero attached hydrogens (tertiary/aromatic N) is 3. The summed E-state index contributed by atoms with van der Waals surface area (Å²) in [5.74, 6) is -0.319. The average molecular weight is 368 g/mol. The van der Waals surface area contributed by atoms with Gasteiger partial charge >= 0.3 is 6.09 Å². The van der Waals surface area contributed by atoms with Gasteiger partial charge in [-0.1, -0.05) is 18.2 Å². The minimum Gasteiger partial charge on any atom is -0.447 e. The summed E-state index contributed by atoms with van der Waals surface area (Å²) in [5.41, 5.74) is 1.80. The first-order valence-electron chi connectivity index (χ1n) is 8.45. The van der Waals surface area contributed by atoms with Crippen LogP contribution in [0.25, 0.3) is 0 Å². The zero-order valence-electron chi connectivity index (χ0n) is 14.6. The molecule has 2 aromatic carbocycles. The molecule has 0 aromatic heterocycles. The highest BCUT2D eigenvalue weighted by Crippen LogP contribution is 2.28. The fourth-order valence-electron chi connectivity index (χ4n) is 3.20. The lowest BCUT2D eigenvalue weighted by Gasteiger charge is -2.19. The van der Waals surface area contributed by atoms with Crippen molar-refractivity contribution in [3.8, 4) is 0 Å². The Morgan fingerprint density at radius 1 is 1.19 bits per heavy atom. The second kappa shape index (κ2) is 6.71. The van der Waals surface area contributed by atoms with Crippen LogP contribution in [0, 0.1) is 5.82 Å². The molecule has 138 valence electrons. The Bertz CT molecular complexity index is 946. The largest absolute Gasteiger partial charge is 0.447 e. The van der Waals surface area contributed by atoms with Gasteiger partial charge in [0, 0.05) is 12.7 Å². The number of cyclic esters (lactones) is 1. The average Bonchev–Trinajstić information content (AvgIpc) is 3.18. The number of hydrogen-bond donors (Lipinski definition) is 1. The summed E-state index contributed by atoms with van der Waals surface area (Å²) < 4.78 is 18.5. The Morgan fingerprint density at radius 2 is 2.00 bits per heavy atom. The van der Waals surface area contributed by atoms with E-state index in [-0.39, 0.29) is 5.91 Å². The first-order chi connectivity index (χ1) is 13.0. The van der Waals surface area contributed by atoms with E-state index in [2.05, 4.69) is 10.3 Å². The van der Waals surface area contributed by atoms with Crippen LogP contribution in [-0.2, 0) is 9.53 Å². The van der Waals surface area contributed by atoms with E-state index in [1.54, 1.807) is 48.3 Å². The van der Waals surface area contributed by atoms with Gasteiger partial charge in [0.25, 0.3) is 5.91 Å². The monoisotopic (exact) mass is 368 g/mol. The van der Waals surface area contributed by atoms with Gasteiger partial charge in [-0.3, -0.25) is 15.0 Å². The van der Waals surface area contributed by atoms with Gasteiger partial charge in [0.15, 0.2) is 0 Å². The van der Waals surface area contributed by atoms with Gasteiger partial charge < -0.3 is 9.64 Å². The summed E-state index contributed by atoms with van der Waals surface area (Å²) in [7, 11) is 1.72. The lowest BCUT2D eigenvalue weighted by atomic mass is 10.1. The third-order valence-electron chi connectivity index (χ3n) is 4.51. The van der Waals surface area contributed by atoms with E-state index in [9.17, 15) is 14.0 Å². The van der Waals surface area contributed by atoms with E-state index >= 15 is 0 Å². The van der Waals surface area contributed by atoms with E-state index in [4.69, 9.17) is 4.74 Å². The smallest absolute Gasteiger partial charge is 0.414 e. The molecule has 4 rings (SSSR count). The second-order valence-electron chi connectivity index (χ2n) is 6.28. The highest BCUT2D eigenvalue weighted by molar-refractivity contribution is 6.07. The molecular weight excluding hydrogens is 351 g/mol. The van der Waals surface area contributed by atoms with Crippen molar-refractivity contribution in [3.63, 3.8) is 0 Å². The van der Waals surface area contributed by atoms with Gasteiger partial charge in [-0.05, 0) is 35.9 Å². The number of rotatable bonds is 3. The normalized spacial score (nSPS) is 21.0. The van der Waals surface area contributed by atoms with Crippen molar-refractivity contribution in [2.24, 2.45) is 4.99 Å². The minimum absolute atomic E-state index is 0.277. The molecule has 0 aliphatic carbocycles. The van der Waals surface area contributed by atoms with Crippen molar-refractivity contribution in [3.05, 3.63) is 59.9 Å². The molecule has 0 saturated carbocycles. The molecule has 0 spiro atoms. The first kappa shape index (κ1) is 17.0. The fraction of sp³-hybridized carbons (Fsp3) is 0.211. The summed E-state index contributed by atoms with van der Waals surface area (Å²) in [5, 5.41) is 2.73. The van der Waals surface area contributed by atoms with Gasteiger partial charge in [-0.2, -0.15) is 0 Å². The maximum atomic E-state index is 13.5. The molecule has 1 atom stereocenters. The van der Waals surface area contributed by atoms with Crippen molar-refractivity contribution in [1.82, 2.24) is 10.2 Å². The number of guanidine groups is 1. The molecule has 2 aromatic rings. The van der Waals surface area contributed by atoms with Gasteiger partial charge in [-0.25, -0.2) is 14.2 Å². The maximum Gasteiger partial charge on any atom is 0.414 e. The lowest BCUT2D eigenvalue weighted by molar-refractivity contribution is -0.121. The standard InChI is InChI=1S/C19H17FN4O3/c1-23-16(12-4-2-5-13(20)10-12)17(25)22-18(23)21-14-6-3-7-15(11-14)24-8-9-27-19(24)26/h2-7,10-11,16H,8-9H2,1H3,(H,21,22,25)/t16-/m0/s1. The topological polar surface area (TPSA) is 74.2 Å². The minimum atomic E-state index is -0.656. The molecule has 2 saturated heterocycles. The molecule has 2 heterocycles. The number of halogens is 1. The number of likely N-dealkylation sites (N-methyl/N-ethyl adjacent to an activating group) is 1. The summed E-state index contributed by atoms with van der Waals surface area (Å²) >= 11 is 0. The number of hydrogen-bond acceptors (Lipinski definition) is 4. The number of carbonyl (C=O) groups excluding carboxylic acids is 2. The summed E-state index contributed by atoms with van der Waals surface area (Å²) in [6.45, 7) is 0.836. The quantitative estimate of drug-likeness (QED) is 0.904. The second-order valence-corrected chi connectivity index (χ2v) is 6.28. The third kappa shape index (κ3) is 3.21. The van der Waals surface area contributed by atoms with Crippen molar-refractivity contribution in [2.45, 2.75) is 6.04 Å². The molecule has 0 radical (unpaired) electrons. The number of carbonyl (C=O) groups is 2. The molecule has 8 heteroatoms. The summed E-state index contributed by atoms with van der Waals surface area (Å²) in [6, 6.07) is 12.4. The van der Waals surface area contributed by atoms with Crippen LogP contribution in [0.3, 0.4) is 0 Å². The van der Waals surface area contributed by atoms with Crippen molar-refractivity contribution in [1.29, 1.82) is 0 Å². The predicted octanol–water partition coefficient (Wildman–Crippen LogP) is 2.57. The molecule has 0 unspecified atom stereocenters. The molecule has 2 aliphatic rings. The van der Waals surface area contributed by atoms with Crippen LogP contribution in [0.15, 0.2) is 53.5 Å². The van der Waals surface area contributed by atoms with Crippen LogP contribution in [0.1, 0.15) is 11.6 Å². The maximum absolute atomic E-state index is 13.5. The number of ether oxygens (including phenoxy) is 1. The van der Waals surface area contributed by atoms with Gasteiger partial charge in [0.05, 0.1) is 12.2 Å². The lowest BCUT2D eigenvalue weighted by Crippen LogP contribution is -2.27. The van der Waals surface area contributed by atoms with E-state index < -0.39 is 18.0 Å². The van der Waals surface area contributed by atoms with E-state index in [0.717, 1.165) is 0 Å². The highest BCUT2D eigenvalue weighted by Gasteiger charge is 2.35. The zero-order valence-corrected chi connectivity index (χ0v) is 14.6. The van der Waals surface area contributed by atoms with Gasteiger partial charge in [-0.15, -0.1) is 0 Å². The number of aliphatic imine (C=N–C) groups is 1. The molecule has 1 N–H and O–H groups in total. The molecule has 2 aliphatic heterocycles. The molecule has 2 amide bonds. The Kier molecular flexibility index (Phi) is 4.23. The number of anilines is 1. The van der Waals surface area contributed by atoms with Crippen LogP contribution in [0.5, 0.6) is 0 Å². The van der Waals surface area contributed by atoms with Gasteiger partial charge in [0.2, 0.25) is 5.96 Å². The van der Waals surface area contributed by atoms with Crippen LogP contribution in [-0.4, -0.2) is 43.1 Å². The van der Waals surface area contributed by atoms with Crippen LogP contribution in [0.2, 0.25) is 0 Å². The van der Waals surface area contributed by atoms with E-state index in [1.807, 2.05) is 0 Å². The molecular formula is C19H17FN4O3. The van der Waals surface area contributed by atoms with Crippen molar-refractivity contribution >= 4 is 29.3 Å². The first-order valence-corrected chi connectivity index (χ1v) is 8.45. The van der Waals surface area contributed by atoms with Crippen molar-refractivity contribution in [2.75, 3.05) is 25.1 Å². The van der Waals surface area contributed by atoms with Crippen LogP contribution < -0.4 is 10.2 Å². The molecule has 0 bridgehead atoms.